The van der Waals surface area contributed by atoms with E-state index >= 15 is 0 Å². The SMILES string of the molecule is COCC[C@H]1CO[C@H]2CN(C(=O)c3ccc(C)o3)C[C@@H]12. The molecule has 2 fully saturated rings. The van der Waals surface area contributed by atoms with E-state index in [0.29, 0.717) is 24.1 Å². The predicted molar refractivity (Wildman–Crippen MR) is 72.6 cm³/mol. The summed E-state index contributed by atoms with van der Waals surface area (Å²) in [6, 6.07) is 3.57. The second-order valence-electron chi connectivity index (χ2n) is 5.70. The van der Waals surface area contributed by atoms with Crippen LogP contribution >= 0.6 is 0 Å². The lowest BCUT2D eigenvalue weighted by molar-refractivity contribution is 0.0640. The zero-order valence-electron chi connectivity index (χ0n) is 12.0. The summed E-state index contributed by atoms with van der Waals surface area (Å²) in [6.07, 6.45) is 1.18. The summed E-state index contributed by atoms with van der Waals surface area (Å²) in [5, 5.41) is 0. The van der Waals surface area contributed by atoms with Gasteiger partial charge in [0.15, 0.2) is 5.76 Å². The number of hydrogen-bond acceptors (Lipinski definition) is 4. The predicted octanol–water partition coefficient (Wildman–Crippen LogP) is 1.71. The van der Waals surface area contributed by atoms with Crippen molar-refractivity contribution in [3.63, 3.8) is 0 Å². The van der Waals surface area contributed by atoms with Gasteiger partial charge in [-0.25, -0.2) is 0 Å². The van der Waals surface area contributed by atoms with Crippen molar-refractivity contribution in [1.82, 2.24) is 4.90 Å². The summed E-state index contributed by atoms with van der Waals surface area (Å²) in [5.74, 6) is 2.10. The fourth-order valence-electron chi connectivity index (χ4n) is 3.24. The number of aryl methyl sites for hydroxylation is 1. The molecule has 20 heavy (non-hydrogen) atoms. The van der Waals surface area contributed by atoms with Crippen LogP contribution in [0.1, 0.15) is 22.7 Å². The maximum Gasteiger partial charge on any atom is 0.289 e. The zero-order valence-corrected chi connectivity index (χ0v) is 12.0. The van der Waals surface area contributed by atoms with Gasteiger partial charge in [-0.15, -0.1) is 0 Å². The van der Waals surface area contributed by atoms with E-state index < -0.39 is 0 Å². The molecule has 3 rings (SSSR count). The molecule has 2 saturated heterocycles. The average molecular weight is 279 g/mol. The number of carbonyl (C=O) groups is 1. The van der Waals surface area contributed by atoms with Crippen molar-refractivity contribution in [2.75, 3.05) is 33.4 Å². The standard InChI is InChI=1S/C15H21NO4/c1-10-3-4-13(20-10)15(17)16-7-12-11(5-6-18-2)9-19-14(12)8-16/h3-4,11-12,14H,5-9H2,1-2H3/t11-,12-,14-/m0/s1. The second-order valence-corrected chi connectivity index (χ2v) is 5.70. The molecular formula is C15H21NO4. The number of fused-ring (bicyclic) bond motifs is 1. The molecule has 5 heteroatoms. The fraction of sp³-hybridized carbons (Fsp3) is 0.667. The minimum Gasteiger partial charge on any atom is -0.456 e. The Morgan fingerprint density at radius 3 is 3.00 bits per heavy atom. The van der Waals surface area contributed by atoms with Gasteiger partial charge in [-0.2, -0.15) is 0 Å². The van der Waals surface area contributed by atoms with Gasteiger partial charge < -0.3 is 18.8 Å². The quantitative estimate of drug-likeness (QED) is 0.842. The van der Waals surface area contributed by atoms with Crippen LogP contribution in [0.4, 0.5) is 0 Å². The summed E-state index contributed by atoms with van der Waals surface area (Å²) in [5.41, 5.74) is 0. The monoisotopic (exact) mass is 279 g/mol. The summed E-state index contributed by atoms with van der Waals surface area (Å²) < 4.78 is 16.4. The van der Waals surface area contributed by atoms with Gasteiger partial charge in [0.1, 0.15) is 5.76 Å². The summed E-state index contributed by atoms with van der Waals surface area (Å²) in [4.78, 5) is 14.2. The molecule has 2 aliphatic heterocycles. The van der Waals surface area contributed by atoms with Crippen LogP contribution in [0, 0.1) is 18.8 Å². The highest BCUT2D eigenvalue weighted by atomic mass is 16.5. The maximum atomic E-state index is 12.4. The van der Waals surface area contributed by atoms with Crippen LogP contribution < -0.4 is 0 Å². The van der Waals surface area contributed by atoms with E-state index in [2.05, 4.69) is 0 Å². The number of ether oxygens (including phenoxy) is 2. The van der Waals surface area contributed by atoms with Gasteiger partial charge in [0.25, 0.3) is 5.91 Å². The minimum atomic E-state index is -0.0263. The Balaban J connectivity index is 1.63. The van der Waals surface area contributed by atoms with Crippen LogP contribution in [0.15, 0.2) is 16.5 Å². The Morgan fingerprint density at radius 2 is 2.30 bits per heavy atom. The van der Waals surface area contributed by atoms with Gasteiger partial charge in [0.05, 0.1) is 12.7 Å². The number of methoxy groups -OCH3 is 1. The van der Waals surface area contributed by atoms with Crippen LogP contribution in [-0.2, 0) is 9.47 Å². The molecule has 0 bridgehead atoms. The molecule has 0 unspecified atom stereocenters. The van der Waals surface area contributed by atoms with Crippen molar-refractivity contribution < 1.29 is 18.7 Å². The number of carbonyl (C=O) groups excluding carboxylic acids is 1. The topological polar surface area (TPSA) is 51.9 Å². The normalized spacial score (nSPS) is 28.9. The van der Waals surface area contributed by atoms with E-state index in [9.17, 15) is 4.79 Å². The Hall–Kier alpha value is -1.33. The summed E-state index contributed by atoms with van der Waals surface area (Å²) in [6.45, 7) is 4.83. The molecule has 2 aliphatic rings. The average Bonchev–Trinajstić information content (AvgIpc) is 3.11. The molecule has 0 saturated carbocycles. The molecule has 3 heterocycles. The van der Waals surface area contributed by atoms with Crippen molar-refractivity contribution in [2.24, 2.45) is 11.8 Å². The van der Waals surface area contributed by atoms with E-state index in [1.807, 2.05) is 17.9 Å². The highest BCUT2D eigenvalue weighted by molar-refractivity contribution is 5.91. The molecule has 0 radical (unpaired) electrons. The number of likely N-dealkylation sites (tertiary alicyclic amines) is 1. The third kappa shape index (κ3) is 2.47. The first-order valence-electron chi connectivity index (χ1n) is 7.15. The highest BCUT2D eigenvalue weighted by Gasteiger charge is 2.45. The van der Waals surface area contributed by atoms with Crippen LogP contribution in [0.5, 0.6) is 0 Å². The molecule has 5 nitrogen and oxygen atoms in total. The van der Waals surface area contributed by atoms with E-state index in [0.717, 1.165) is 31.9 Å². The molecule has 0 N–H and O–H groups in total. The number of rotatable bonds is 4. The molecule has 0 spiro atoms. The van der Waals surface area contributed by atoms with E-state index in [-0.39, 0.29) is 12.0 Å². The Labute approximate surface area is 118 Å². The highest BCUT2D eigenvalue weighted by Crippen LogP contribution is 2.36. The maximum absolute atomic E-state index is 12.4. The summed E-state index contributed by atoms with van der Waals surface area (Å²) >= 11 is 0. The van der Waals surface area contributed by atoms with Gasteiger partial charge in [0.2, 0.25) is 0 Å². The van der Waals surface area contributed by atoms with E-state index in [4.69, 9.17) is 13.9 Å². The van der Waals surface area contributed by atoms with Crippen molar-refractivity contribution in [1.29, 1.82) is 0 Å². The molecule has 1 aromatic heterocycles. The molecule has 3 atom stereocenters. The lowest BCUT2D eigenvalue weighted by Crippen LogP contribution is -2.31. The number of amides is 1. The van der Waals surface area contributed by atoms with Gasteiger partial charge in [-0.1, -0.05) is 0 Å². The van der Waals surface area contributed by atoms with Crippen LogP contribution in [0.2, 0.25) is 0 Å². The Kier molecular flexibility index (Phi) is 3.81. The largest absolute Gasteiger partial charge is 0.456 e. The lowest BCUT2D eigenvalue weighted by Gasteiger charge is -2.18. The van der Waals surface area contributed by atoms with Crippen molar-refractivity contribution in [3.8, 4) is 0 Å². The van der Waals surface area contributed by atoms with Gasteiger partial charge >= 0.3 is 0 Å². The van der Waals surface area contributed by atoms with Crippen molar-refractivity contribution in [3.05, 3.63) is 23.7 Å². The number of furan rings is 1. The third-order valence-electron chi connectivity index (χ3n) is 4.37. The molecule has 0 aromatic carbocycles. The van der Waals surface area contributed by atoms with Crippen molar-refractivity contribution in [2.45, 2.75) is 19.4 Å². The van der Waals surface area contributed by atoms with Gasteiger partial charge in [-0.05, 0) is 31.4 Å². The first-order chi connectivity index (χ1) is 9.69. The first kappa shape index (κ1) is 13.6. The molecule has 1 amide bonds. The first-order valence-corrected chi connectivity index (χ1v) is 7.15. The van der Waals surface area contributed by atoms with Crippen LogP contribution in [0.3, 0.4) is 0 Å². The van der Waals surface area contributed by atoms with Crippen LogP contribution in [-0.4, -0.2) is 50.3 Å². The lowest BCUT2D eigenvalue weighted by atomic mass is 9.91. The number of nitrogens with zero attached hydrogens (tertiary/aromatic N) is 1. The third-order valence-corrected chi connectivity index (χ3v) is 4.37. The smallest absolute Gasteiger partial charge is 0.289 e. The Bertz CT molecular complexity index is 484. The van der Waals surface area contributed by atoms with E-state index in [1.165, 1.54) is 0 Å². The van der Waals surface area contributed by atoms with Gasteiger partial charge in [0, 0.05) is 32.7 Å². The zero-order chi connectivity index (χ0) is 14.1. The minimum absolute atomic E-state index is 0.0263. The summed E-state index contributed by atoms with van der Waals surface area (Å²) in [7, 11) is 1.72. The van der Waals surface area contributed by atoms with Crippen LogP contribution in [0.25, 0.3) is 0 Å². The molecular weight excluding hydrogens is 258 g/mol. The molecule has 0 aliphatic carbocycles. The Morgan fingerprint density at radius 1 is 1.45 bits per heavy atom. The fourth-order valence-corrected chi connectivity index (χ4v) is 3.24. The number of hydrogen-bond donors (Lipinski definition) is 0. The van der Waals surface area contributed by atoms with E-state index in [1.54, 1.807) is 13.2 Å². The van der Waals surface area contributed by atoms with Gasteiger partial charge in [-0.3, -0.25) is 4.79 Å². The molecule has 110 valence electrons. The second kappa shape index (κ2) is 5.58. The van der Waals surface area contributed by atoms with Crippen molar-refractivity contribution >= 4 is 5.91 Å². The molecule has 1 aromatic rings.